The lowest BCUT2D eigenvalue weighted by Crippen LogP contribution is -2.12. The zero-order chi connectivity index (χ0) is 13.8. The topological polar surface area (TPSA) is 55.1 Å². The Morgan fingerprint density at radius 3 is 2.53 bits per heavy atom. The molecule has 0 aliphatic carbocycles. The van der Waals surface area contributed by atoms with Crippen LogP contribution in [0, 0.1) is 5.82 Å². The number of benzene rings is 2. The van der Waals surface area contributed by atoms with Crippen molar-refractivity contribution in [3.05, 3.63) is 65.5 Å². The highest BCUT2D eigenvalue weighted by molar-refractivity contribution is 5.93. The molecule has 0 aromatic heterocycles. The molecule has 0 radical (unpaired) electrons. The molecule has 4 heteroatoms. The molecular formula is C15H15FN2O. The monoisotopic (exact) mass is 258 g/mol. The number of nitrogens with one attached hydrogen (secondary N) is 1. The molecular weight excluding hydrogens is 243 g/mol. The molecule has 19 heavy (non-hydrogen) atoms. The molecule has 2 aromatic rings. The molecule has 0 aliphatic heterocycles. The molecule has 3 N–H and O–H groups in total. The van der Waals surface area contributed by atoms with Crippen LogP contribution in [0.5, 0.6) is 0 Å². The van der Waals surface area contributed by atoms with Crippen LogP contribution in [0.2, 0.25) is 0 Å². The number of halogens is 1. The minimum atomic E-state index is -0.460. The molecule has 0 bridgehead atoms. The Hall–Kier alpha value is -2.36. The van der Waals surface area contributed by atoms with Crippen LogP contribution >= 0.6 is 0 Å². The van der Waals surface area contributed by atoms with E-state index in [0.29, 0.717) is 5.56 Å². The highest BCUT2D eigenvalue weighted by atomic mass is 19.1. The Morgan fingerprint density at radius 2 is 1.89 bits per heavy atom. The molecule has 1 amide bonds. The van der Waals surface area contributed by atoms with Crippen LogP contribution in [-0.2, 0) is 0 Å². The maximum Gasteiger partial charge on any atom is 0.248 e. The van der Waals surface area contributed by atoms with Gasteiger partial charge in [0.1, 0.15) is 5.82 Å². The van der Waals surface area contributed by atoms with Crippen molar-refractivity contribution in [1.29, 1.82) is 0 Å². The SMILES string of the molecule is C[C@H](Nc1cccc(C(N)=O)c1)c1ccc(F)cc1. The summed E-state index contributed by atoms with van der Waals surface area (Å²) < 4.78 is 12.8. The third kappa shape index (κ3) is 3.31. The van der Waals surface area contributed by atoms with Crippen molar-refractivity contribution in [3.63, 3.8) is 0 Å². The number of rotatable bonds is 4. The van der Waals surface area contributed by atoms with Crippen molar-refractivity contribution in [2.75, 3.05) is 5.32 Å². The Balaban J connectivity index is 2.14. The highest BCUT2D eigenvalue weighted by Gasteiger charge is 2.07. The van der Waals surface area contributed by atoms with Gasteiger partial charge >= 0.3 is 0 Å². The van der Waals surface area contributed by atoms with Crippen molar-refractivity contribution in [2.24, 2.45) is 5.73 Å². The number of primary amides is 1. The summed E-state index contributed by atoms with van der Waals surface area (Å²) in [6, 6.07) is 13.3. The number of anilines is 1. The fourth-order valence-electron chi connectivity index (χ4n) is 1.85. The van der Waals surface area contributed by atoms with Crippen LogP contribution in [-0.4, -0.2) is 5.91 Å². The van der Waals surface area contributed by atoms with E-state index in [1.165, 1.54) is 12.1 Å². The molecule has 0 spiro atoms. The molecule has 98 valence electrons. The molecule has 1 atom stereocenters. The molecule has 0 unspecified atom stereocenters. The molecule has 2 aromatic carbocycles. The predicted molar refractivity (Wildman–Crippen MR) is 73.4 cm³/mol. The molecule has 0 saturated heterocycles. The maximum atomic E-state index is 12.8. The van der Waals surface area contributed by atoms with E-state index in [1.54, 1.807) is 30.3 Å². The summed E-state index contributed by atoms with van der Waals surface area (Å²) in [5, 5.41) is 3.24. The van der Waals surface area contributed by atoms with Gasteiger partial charge in [0.15, 0.2) is 0 Å². The first-order valence-corrected chi connectivity index (χ1v) is 5.98. The van der Waals surface area contributed by atoms with Crippen LogP contribution in [0.25, 0.3) is 0 Å². The average molecular weight is 258 g/mol. The van der Waals surface area contributed by atoms with Gasteiger partial charge in [-0.25, -0.2) is 4.39 Å². The summed E-state index contributed by atoms with van der Waals surface area (Å²) in [5.74, 6) is -0.718. The van der Waals surface area contributed by atoms with Crippen molar-refractivity contribution >= 4 is 11.6 Å². The van der Waals surface area contributed by atoms with Gasteiger partial charge in [-0.15, -0.1) is 0 Å². The first-order valence-electron chi connectivity index (χ1n) is 5.98. The van der Waals surface area contributed by atoms with Gasteiger partial charge < -0.3 is 11.1 Å². The van der Waals surface area contributed by atoms with E-state index < -0.39 is 5.91 Å². The number of amides is 1. The molecule has 0 aliphatic rings. The third-order valence-electron chi connectivity index (χ3n) is 2.90. The Bertz CT molecular complexity index is 581. The summed E-state index contributed by atoms with van der Waals surface area (Å²) >= 11 is 0. The summed E-state index contributed by atoms with van der Waals surface area (Å²) in [7, 11) is 0. The number of nitrogens with two attached hydrogens (primary N) is 1. The summed E-state index contributed by atoms with van der Waals surface area (Å²) in [5.41, 5.74) is 7.45. The lowest BCUT2D eigenvalue weighted by atomic mass is 10.1. The van der Waals surface area contributed by atoms with Gasteiger partial charge in [0.2, 0.25) is 5.91 Å². The third-order valence-corrected chi connectivity index (χ3v) is 2.90. The number of hydrogen-bond donors (Lipinski definition) is 2. The lowest BCUT2D eigenvalue weighted by molar-refractivity contribution is 0.100. The predicted octanol–water partition coefficient (Wildman–Crippen LogP) is 3.10. The van der Waals surface area contributed by atoms with Crippen molar-refractivity contribution in [3.8, 4) is 0 Å². The van der Waals surface area contributed by atoms with Crippen molar-refractivity contribution < 1.29 is 9.18 Å². The lowest BCUT2D eigenvalue weighted by Gasteiger charge is -2.16. The summed E-state index contributed by atoms with van der Waals surface area (Å²) in [6.45, 7) is 1.96. The first-order chi connectivity index (χ1) is 9.06. The van der Waals surface area contributed by atoms with Crippen LogP contribution in [0.1, 0.15) is 28.9 Å². The Kier molecular flexibility index (Phi) is 3.80. The Labute approximate surface area is 111 Å². The smallest absolute Gasteiger partial charge is 0.248 e. The minimum Gasteiger partial charge on any atom is -0.379 e. The largest absolute Gasteiger partial charge is 0.379 e. The fraction of sp³-hybridized carbons (Fsp3) is 0.133. The van der Waals surface area contributed by atoms with Crippen molar-refractivity contribution in [2.45, 2.75) is 13.0 Å². The van der Waals surface area contributed by atoms with E-state index in [4.69, 9.17) is 5.73 Å². The van der Waals surface area contributed by atoms with Gasteiger partial charge in [0.05, 0.1) is 0 Å². The number of carbonyl (C=O) groups is 1. The van der Waals surface area contributed by atoms with Crippen LogP contribution < -0.4 is 11.1 Å². The summed E-state index contributed by atoms with van der Waals surface area (Å²) in [6.07, 6.45) is 0. The van der Waals surface area contributed by atoms with Gasteiger partial charge in [-0.1, -0.05) is 18.2 Å². The van der Waals surface area contributed by atoms with Gasteiger partial charge in [-0.2, -0.15) is 0 Å². The zero-order valence-corrected chi connectivity index (χ0v) is 10.6. The van der Waals surface area contributed by atoms with E-state index in [1.807, 2.05) is 13.0 Å². The van der Waals surface area contributed by atoms with E-state index in [-0.39, 0.29) is 11.9 Å². The van der Waals surface area contributed by atoms with Crippen LogP contribution in [0.3, 0.4) is 0 Å². The number of hydrogen-bond acceptors (Lipinski definition) is 2. The normalized spacial score (nSPS) is 11.9. The molecule has 2 rings (SSSR count). The standard InChI is InChI=1S/C15H15FN2O/c1-10(11-5-7-13(16)8-6-11)18-14-4-2-3-12(9-14)15(17)19/h2-10,18H,1H3,(H2,17,19)/t10-/m0/s1. The van der Waals surface area contributed by atoms with E-state index in [0.717, 1.165) is 11.3 Å². The van der Waals surface area contributed by atoms with Crippen LogP contribution in [0.15, 0.2) is 48.5 Å². The molecule has 3 nitrogen and oxygen atoms in total. The average Bonchev–Trinajstić information content (AvgIpc) is 2.39. The molecule has 0 heterocycles. The second kappa shape index (κ2) is 5.52. The second-order valence-electron chi connectivity index (χ2n) is 4.36. The van der Waals surface area contributed by atoms with Gasteiger partial charge in [-0.05, 0) is 42.8 Å². The Morgan fingerprint density at radius 1 is 1.21 bits per heavy atom. The summed E-state index contributed by atoms with van der Waals surface area (Å²) in [4.78, 5) is 11.1. The quantitative estimate of drug-likeness (QED) is 0.885. The van der Waals surface area contributed by atoms with Crippen molar-refractivity contribution in [1.82, 2.24) is 0 Å². The van der Waals surface area contributed by atoms with Gasteiger partial charge in [0.25, 0.3) is 0 Å². The molecule has 0 saturated carbocycles. The minimum absolute atomic E-state index is 0.00345. The molecule has 0 fully saturated rings. The first kappa shape index (κ1) is 13.1. The van der Waals surface area contributed by atoms with Crippen LogP contribution in [0.4, 0.5) is 10.1 Å². The van der Waals surface area contributed by atoms with E-state index in [9.17, 15) is 9.18 Å². The fourth-order valence-corrected chi connectivity index (χ4v) is 1.85. The van der Waals surface area contributed by atoms with Gasteiger partial charge in [0, 0.05) is 17.3 Å². The maximum absolute atomic E-state index is 12.8. The highest BCUT2D eigenvalue weighted by Crippen LogP contribution is 2.20. The van der Waals surface area contributed by atoms with Gasteiger partial charge in [-0.3, -0.25) is 4.79 Å². The zero-order valence-electron chi connectivity index (χ0n) is 10.6. The second-order valence-corrected chi connectivity index (χ2v) is 4.36. The van der Waals surface area contributed by atoms with E-state index >= 15 is 0 Å². The number of carbonyl (C=O) groups excluding carboxylic acids is 1. The van der Waals surface area contributed by atoms with E-state index in [2.05, 4.69) is 5.32 Å².